The fourth-order valence-corrected chi connectivity index (χ4v) is 1.44. The van der Waals surface area contributed by atoms with E-state index in [9.17, 15) is 13.2 Å². The predicted octanol–water partition coefficient (Wildman–Crippen LogP) is 1.89. The van der Waals surface area contributed by atoms with Gasteiger partial charge in [-0.2, -0.15) is 13.2 Å². The minimum atomic E-state index is -4.26. The highest BCUT2D eigenvalue weighted by Gasteiger charge is 2.30. The van der Waals surface area contributed by atoms with Gasteiger partial charge in [0, 0.05) is 31.0 Å². The van der Waals surface area contributed by atoms with Gasteiger partial charge in [0.1, 0.15) is 6.54 Å². The molecule has 0 unspecified atom stereocenters. The van der Waals surface area contributed by atoms with E-state index in [1.165, 1.54) is 7.05 Å². The molecule has 102 valence electrons. The van der Waals surface area contributed by atoms with Crippen LogP contribution in [0.1, 0.15) is 18.2 Å². The van der Waals surface area contributed by atoms with Gasteiger partial charge < -0.3 is 10.2 Å². The second kappa shape index (κ2) is 5.99. The van der Waals surface area contributed by atoms with Gasteiger partial charge in [-0.25, -0.2) is 9.97 Å². The normalized spacial score (nSPS) is 11.7. The van der Waals surface area contributed by atoms with Gasteiger partial charge in [0.25, 0.3) is 0 Å². The molecule has 0 aliphatic heterocycles. The summed E-state index contributed by atoms with van der Waals surface area (Å²) in [7, 11) is 1.33. The summed E-state index contributed by atoms with van der Waals surface area (Å²) in [6.45, 7) is 4.11. The van der Waals surface area contributed by atoms with Crippen molar-refractivity contribution in [2.45, 2.75) is 26.6 Å². The van der Waals surface area contributed by atoms with Gasteiger partial charge in [-0.15, -0.1) is 0 Å². The Balaban J connectivity index is 2.77. The molecule has 0 fully saturated rings. The van der Waals surface area contributed by atoms with Gasteiger partial charge in [-0.1, -0.05) is 6.92 Å². The summed E-state index contributed by atoms with van der Waals surface area (Å²) >= 11 is 0. The fraction of sp³-hybridized carbons (Fsp3) is 0.636. The van der Waals surface area contributed by atoms with Crippen LogP contribution in [-0.4, -0.2) is 36.3 Å². The topological polar surface area (TPSA) is 41.1 Å². The maximum atomic E-state index is 12.2. The van der Waals surface area contributed by atoms with Crippen molar-refractivity contribution < 1.29 is 13.2 Å². The van der Waals surface area contributed by atoms with Crippen molar-refractivity contribution in [2.24, 2.45) is 0 Å². The van der Waals surface area contributed by atoms with Crippen LogP contribution in [-0.2, 0) is 6.54 Å². The molecule has 0 spiro atoms. The van der Waals surface area contributed by atoms with Gasteiger partial charge in [0.05, 0.1) is 0 Å². The molecule has 0 saturated heterocycles. The molecule has 1 heterocycles. The van der Waals surface area contributed by atoms with Crippen LogP contribution >= 0.6 is 0 Å². The molecule has 0 aliphatic carbocycles. The molecule has 0 atom stereocenters. The van der Waals surface area contributed by atoms with E-state index in [0.717, 1.165) is 17.0 Å². The molecular formula is C11H17F3N4. The van der Waals surface area contributed by atoms with E-state index in [1.807, 2.05) is 6.92 Å². The largest absolute Gasteiger partial charge is 0.406 e. The molecular weight excluding hydrogens is 245 g/mol. The average Bonchev–Trinajstić information content (AvgIpc) is 2.25. The highest BCUT2D eigenvalue weighted by atomic mass is 19.4. The Kier molecular flexibility index (Phi) is 4.89. The zero-order chi connectivity index (χ0) is 13.8. The Morgan fingerprint density at radius 2 is 2.06 bits per heavy atom. The van der Waals surface area contributed by atoms with Crippen LogP contribution in [0.4, 0.5) is 19.1 Å². The predicted molar refractivity (Wildman–Crippen MR) is 63.5 cm³/mol. The smallest absolute Gasteiger partial charge is 0.335 e. The monoisotopic (exact) mass is 262 g/mol. The summed E-state index contributed by atoms with van der Waals surface area (Å²) in [6, 6.07) is 0. The molecule has 0 saturated carbocycles. The molecule has 1 rings (SSSR count). The maximum Gasteiger partial charge on any atom is 0.406 e. The van der Waals surface area contributed by atoms with Crippen LogP contribution in [0.15, 0.2) is 6.20 Å². The quantitative estimate of drug-likeness (QED) is 0.880. The minimum Gasteiger partial charge on any atom is -0.335 e. The molecule has 0 aromatic carbocycles. The zero-order valence-corrected chi connectivity index (χ0v) is 10.7. The molecule has 1 aromatic heterocycles. The van der Waals surface area contributed by atoms with Crippen LogP contribution in [0, 0.1) is 6.92 Å². The van der Waals surface area contributed by atoms with Crippen molar-refractivity contribution >= 4 is 5.95 Å². The Morgan fingerprint density at radius 3 is 2.56 bits per heavy atom. The van der Waals surface area contributed by atoms with Crippen LogP contribution in [0.3, 0.4) is 0 Å². The van der Waals surface area contributed by atoms with Crippen molar-refractivity contribution in [2.75, 3.05) is 25.0 Å². The summed E-state index contributed by atoms with van der Waals surface area (Å²) in [4.78, 5) is 9.03. The first-order chi connectivity index (χ1) is 8.33. The highest BCUT2D eigenvalue weighted by Crippen LogP contribution is 2.18. The Labute approximate surface area is 104 Å². The number of hydrogen-bond donors (Lipinski definition) is 1. The average molecular weight is 262 g/mol. The highest BCUT2D eigenvalue weighted by molar-refractivity contribution is 5.32. The van der Waals surface area contributed by atoms with Crippen molar-refractivity contribution in [3.8, 4) is 0 Å². The first-order valence-corrected chi connectivity index (χ1v) is 5.64. The molecule has 4 nitrogen and oxygen atoms in total. The Morgan fingerprint density at radius 1 is 1.39 bits per heavy atom. The minimum absolute atomic E-state index is 0.0880. The number of rotatable bonds is 5. The number of nitrogens with one attached hydrogen (secondary N) is 1. The number of alkyl halides is 3. The molecule has 0 amide bonds. The van der Waals surface area contributed by atoms with E-state index in [4.69, 9.17) is 0 Å². The number of hydrogen-bond acceptors (Lipinski definition) is 4. The van der Waals surface area contributed by atoms with Crippen LogP contribution in [0.25, 0.3) is 0 Å². The van der Waals surface area contributed by atoms with E-state index >= 15 is 0 Å². The number of anilines is 1. The second-order valence-electron chi connectivity index (χ2n) is 4.03. The van der Waals surface area contributed by atoms with Crippen LogP contribution < -0.4 is 10.2 Å². The molecule has 18 heavy (non-hydrogen) atoms. The summed E-state index contributed by atoms with van der Waals surface area (Å²) in [5.41, 5.74) is 1.58. The lowest BCUT2D eigenvalue weighted by atomic mass is 10.2. The summed E-state index contributed by atoms with van der Waals surface area (Å²) < 4.78 is 36.7. The lowest BCUT2D eigenvalue weighted by Crippen LogP contribution is -2.32. The van der Waals surface area contributed by atoms with E-state index in [0.29, 0.717) is 12.2 Å². The van der Waals surface area contributed by atoms with E-state index in [-0.39, 0.29) is 5.95 Å². The summed E-state index contributed by atoms with van der Waals surface area (Å²) in [5.74, 6) is 0.0880. The van der Waals surface area contributed by atoms with E-state index in [1.54, 1.807) is 13.1 Å². The van der Waals surface area contributed by atoms with Gasteiger partial charge >= 0.3 is 6.18 Å². The van der Waals surface area contributed by atoms with Crippen molar-refractivity contribution in [3.63, 3.8) is 0 Å². The third-order valence-corrected chi connectivity index (χ3v) is 2.39. The fourth-order valence-electron chi connectivity index (χ4n) is 1.44. The third kappa shape index (κ3) is 4.48. The van der Waals surface area contributed by atoms with Gasteiger partial charge in [-0.05, 0) is 13.5 Å². The Bertz CT molecular complexity index is 392. The Hall–Kier alpha value is -1.37. The van der Waals surface area contributed by atoms with Crippen LogP contribution in [0.2, 0.25) is 0 Å². The van der Waals surface area contributed by atoms with E-state index < -0.39 is 12.7 Å². The van der Waals surface area contributed by atoms with Crippen molar-refractivity contribution in [1.29, 1.82) is 0 Å². The lowest BCUT2D eigenvalue weighted by Gasteiger charge is -2.19. The molecule has 1 aromatic rings. The summed E-state index contributed by atoms with van der Waals surface area (Å²) in [5, 5.41) is 3.12. The van der Waals surface area contributed by atoms with Crippen molar-refractivity contribution in [3.05, 3.63) is 17.5 Å². The number of aromatic nitrogens is 2. The number of halogens is 3. The molecule has 1 N–H and O–H groups in total. The molecule has 7 heteroatoms. The maximum absolute atomic E-state index is 12.2. The summed E-state index contributed by atoms with van der Waals surface area (Å²) in [6.07, 6.45) is -2.69. The van der Waals surface area contributed by atoms with Gasteiger partial charge in [0.2, 0.25) is 5.95 Å². The molecule has 0 radical (unpaired) electrons. The number of aryl methyl sites for hydroxylation is 1. The van der Waals surface area contributed by atoms with E-state index in [2.05, 4.69) is 15.3 Å². The molecule has 0 aliphatic rings. The third-order valence-electron chi connectivity index (χ3n) is 2.39. The van der Waals surface area contributed by atoms with Gasteiger partial charge in [-0.3, -0.25) is 0 Å². The first-order valence-electron chi connectivity index (χ1n) is 5.64. The van der Waals surface area contributed by atoms with Crippen molar-refractivity contribution in [1.82, 2.24) is 15.3 Å². The standard InChI is InChI=1S/C11H17F3N4/c1-4-15-5-9-6-16-10(17-8(9)2)18(3)7-11(12,13)14/h6,15H,4-5,7H2,1-3H3. The lowest BCUT2D eigenvalue weighted by molar-refractivity contribution is -0.119. The number of nitrogens with zero attached hydrogens (tertiary/aromatic N) is 3. The van der Waals surface area contributed by atoms with Crippen LogP contribution in [0.5, 0.6) is 0 Å². The zero-order valence-electron chi connectivity index (χ0n) is 10.7. The first kappa shape index (κ1) is 14.7. The van der Waals surface area contributed by atoms with Gasteiger partial charge in [0.15, 0.2) is 0 Å². The second-order valence-corrected chi connectivity index (χ2v) is 4.03. The SMILES string of the molecule is CCNCc1cnc(N(C)CC(F)(F)F)nc1C. The molecule has 0 bridgehead atoms.